The van der Waals surface area contributed by atoms with Crippen LogP contribution < -0.4 is 5.32 Å². The molecule has 0 aromatic heterocycles. The minimum absolute atomic E-state index is 0. The van der Waals surface area contributed by atoms with Crippen molar-refractivity contribution >= 4 is 52.5 Å². The maximum absolute atomic E-state index is 12.5. The van der Waals surface area contributed by atoms with Gasteiger partial charge in [-0.3, -0.25) is 4.79 Å². The highest BCUT2D eigenvalue weighted by atomic mass is 127. The van der Waals surface area contributed by atoms with Crippen LogP contribution in [0, 0.1) is 3.57 Å². The fraction of sp³-hybridized carbons (Fsp3) is 0.462. The molecule has 0 radical (unpaired) electrons. The van der Waals surface area contributed by atoms with E-state index in [2.05, 4.69) is 27.9 Å². The average Bonchev–Trinajstić information content (AvgIpc) is 2.77. The summed E-state index contributed by atoms with van der Waals surface area (Å²) >= 11 is 8.35. The number of hydrogen-bond acceptors (Lipinski definition) is 2. The van der Waals surface area contributed by atoms with Crippen molar-refractivity contribution < 1.29 is 4.79 Å². The molecule has 1 aliphatic heterocycles. The molecule has 0 saturated carbocycles. The van der Waals surface area contributed by atoms with Gasteiger partial charge in [-0.1, -0.05) is 11.6 Å². The first-order valence-corrected chi connectivity index (χ1v) is 7.49. The summed E-state index contributed by atoms with van der Waals surface area (Å²) < 4.78 is 1.04. The number of amides is 1. The lowest BCUT2D eigenvalue weighted by Gasteiger charge is -2.25. The van der Waals surface area contributed by atoms with E-state index in [0.717, 1.165) is 29.5 Å². The summed E-state index contributed by atoms with van der Waals surface area (Å²) in [6.07, 6.45) is 2.13. The van der Waals surface area contributed by atoms with Gasteiger partial charge in [-0.25, -0.2) is 0 Å². The van der Waals surface area contributed by atoms with E-state index in [1.165, 1.54) is 0 Å². The van der Waals surface area contributed by atoms with Gasteiger partial charge in [-0.15, -0.1) is 12.4 Å². The topological polar surface area (TPSA) is 32.3 Å². The molecule has 0 aliphatic carbocycles. The monoisotopic (exact) mass is 414 g/mol. The first-order chi connectivity index (χ1) is 8.63. The molecule has 3 nitrogen and oxygen atoms in total. The van der Waals surface area contributed by atoms with Gasteiger partial charge in [0, 0.05) is 22.7 Å². The van der Waals surface area contributed by atoms with Gasteiger partial charge in [0.1, 0.15) is 0 Å². The van der Waals surface area contributed by atoms with E-state index < -0.39 is 0 Å². The van der Waals surface area contributed by atoms with E-state index in [0.29, 0.717) is 10.6 Å². The Morgan fingerprint density at radius 3 is 2.95 bits per heavy atom. The summed E-state index contributed by atoms with van der Waals surface area (Å²) in [7, 11) is 1.92. The van der Waals surface area contributed by atoms with Crippen LogP contribution >= 0.6 is 46.6 Å². The first kappa shape index (κ1) is 17.0. The van der Waals surface area contributed by atoms with E-state index in [4.69, 9.17) is 11.6 Å². The van der Waals surface area contributed by atoms with Gasteiger partial charge in [0.15, 0.2) is 0 Å². The lowest BCUT2D eigenvalue weighted by Crippen LogP contribution is -2.40. The number of carbonyl (C=O) groups excluding carboxylic acids is 1. The summed E-state index contributed by atoms with van der Waals surface area (Å²) in [6.45, 7) is 1.67. The second kappa shape index (κ2) is 7.67. The number of rotatable bonds is 3. The van der Waals surface area contributed by atoms with E-state index in [1.807, 2.05) is 30.1 Å². The smallest absolute Gasteiger partial charge is 0.255 e. The zero-order valence-corrected chi connectivity index (χ0v) is 14.4. The Morgan fingerprint density at radius 1 is 1.58 bits per heavy atom. The largest absolute Gasteiger partial charge is 0.334 e. The number of carbonyl (C=O) groups is 1. The van der Waals surface area contributed by atoms with E-state index in [-0.39, 0.29) is 24.4 Å². The third-order valence-corrected chi connectivity index (χ3v) is 4.22. The van der Waals surface area contributed by atoms with Gasteiger partial charge < -0.3 is 10.2 Å². The summed E-state index contributed by atoms with van der Waals surface area (Å²) in [5, 5.41) is 3.69. The summed E-state index contributed by atoms with van der Waals surface area (Å²) in [5.41, 5.74) is 0.611. The Morgan fingerprint density at radius 2 is 2.32 bits per heavy atom. The van der Waals surface area contributed by atoms with Gasteiger partial charge >= 0.3 is 0 Å². The molecule has 1 fully saturated rings. The lowest BCUT2D eigenvalue weighted by molar-refractivity contribution is 0.0737. The summed E-state index contributed by atoms with van der Waals surface area (Å²) in [5.74, 6) is 0.0501. The van der Waals surface area contributed by atoms with Crippen molar-refractivity contribution in [1.29, 1.82) is 0 Å². The van der Waals surface area contributed by atoms with Gasteiger partial charge in [0.2, 0.25) is 0 Å². The molecule has 1 saturated heterocycles. The summed E-state index contributed by atoms with van der Waals surface area (Å²) in [4.78, 5) is 14.4. The molecule has 2 rings (SSSR count). The molecule has 1 amide bonds. The van der Waals surface area contributed by atoms with Crippen molar-refractivity contribution in [1.82, 2.24) is 10.2 Å². The van der Waals surface area contributed by atoms with E-state index in [1.54, 1.807) is 0 Å². The van der Waals surface area contributed by atoms with Crippen LogP contribution in [0.15, 0.2) is 18.2 Å². The number of nitrogens with one attached hydrogen (secondary N) is 1. The van der Waals surface area contributed by atoms with Crippen molar-refractivity contribution in [2.45, 2.75) is 18.9 Å². The van der Waals surface area contributed by atoms with Crippen LogP contribution in [0.25, 0.3) is 0 Å². The average molecular weight is 415 g/mol. The molecule has 1 unspecified atom stereocenters. The number of nitrogens with zero attached hydrogens (tertiary/aromatic N) is 1. The Kier molecular flexibility index (Phi) is 6.86. The standard InChI is InChI=1S/C13H16ClIN2O.ClH/c1-16-8-10-3-2-6-17(10)13(18)11-5-4-9(15)7-12(11)14;/h4-5,7,10,16H,2-3,6,8H2,1H3;1H. The summed E-state index contributed by atoms with van der Waals surface area (Å²) in [6, 6.07) is 5.86. The first-order valence-electron chi connectivity index (χ1n) is 6.04. The maximum Gasteiger partial charge on any atom is 0.255 e. The second-order valence-electron chi connectivity index (χ2n) is 4.48. The number of hydrogen-bond donors (Lipinski definition) is 1. The number of benzene rings is 1. The quantitative estimate of drug-likeness (QED) is 0.770. The third-order valence-electron chi connectivity index (χ3n) is 3.24. The SMILES string of the molecule is CNCC1CCCN1C(=O)c1ccc(I)cc1Cl.Cl. The minimum Gasteiger partial charge on any atom is -0.334 e. The van der Waals surface area contributed by atoms with E-state index in [9.17, 15) is 4.79 Å². The Hall–Kier alpha value is -0.0400. The zero-order valence-electron chi connectivity index (χ0n) is 10.7. The predicted octanol–water partition coefficient (Wildman–Crippen LogP) is 3.19. The van der Waals surface area contributed by atoms with Gasteiger partial charge in [0.05, 0.1) is 10.6 Å². The van der Waals surface area contributed by atoms with Crippen LogP contribution in [0.5, 0.6) is 0 Å². The van der Waals surface area contributed by atoms with E-state index >= 15 is 0 Å². The Balaban J connectivity index is 0.00000180. The van der Waals surface area contributed by atoms with Crippen LogP contribution in [0.4, 0.5) is 0 Å². The number of halogens is 3. The molecule has 1 aromatic carbocycles. The van der Waals surface area contributed by atoms with Crippen molar-refractivity contribution in [3.8, 4) is 0 Å². The van der Waals surface area contributed by atoms with Crippen molar-refractivity contribution in [3.05, 3.63) is 32.4 Å². The number of likely N-dealkylation sites (tertiary alicyclic amines) is 1. The van der Waals surface area contributed by atoms with Crippen LogP contribution in [-0.4, -0.2) is 37.0 Å². The van der Waals surface area contributed by atoms with Gasteiger partial charge in [-0.2, -0.15) is 0 Å². The van der Waals surface area contributed by atoms with Crippen LogP contribution in [0.2, 0.25) is 5.02 Å². The molecule has 0 spiro atoms. The molecule has 1 heterocycles. The van der Waals surface area contributed by atoms with Crippen LogP contribution in [0.1, 0.15) is 23.2 Å². The molecule has 19 heavy (non-hydrogen) atoms. The highest BCUT2D eigenvalue weighted by molar-refractivity contribution is 14.1. The molecular formula is C13H17Cl2IN2O. The van der Waals surface area contributed by atoms with Crippen LogP contribution in [0.3, 0.4) is 0 Å². The van der Waals surface area contributed by atoms with Crippen molar-refractivity contribution in [2.24, 2.45) is 0 Å². The second-order valence-corrected chi connectivity index (χ2v) is 6.13. The fourth-order valence-corrected chi connectivity index (χ4v) is 3.31. The molecule has 106 valence electrons. The Labute approximate surface area is 138 Å². The molecule has 1 N–H and O–H groups in total. The van der Waals surface area contributed by atoms with Crippen molar-refractivity contribution in [3.63, 3.8) is 0 Å². The van der Waals surface area contributed by atoms with Gasteiger partial charge in [-0.05, 0) is 60.7 Å². The van der Waals surface area contributed by atoms with Crippen LogP contribution in [-0.2, 0) is 0 Å². The third kappa shape index (κ3) is 3.97. The number of likely N-dealkylation sites (N-methyl/N-ethyl adjacent to an activating group) is 1. The molecule has 6 heteroatoms. The minimum atomic E-state index is 0. The Bertz CT molecular complexity index is 456. The highest BCUT2D eigenvalue weighted by Crippen LogP contribution is 2.25. The molecule has 0 bridgehead atoms. The molecular weight excluding hydrogens is 398 g/mol. The molecule has 1 aromatic rings. The normalized spacial score (nSPS) is 18.3. The zero-order chi connectivity index (χ0) is 13.1. The lowest BCUT2D eigenvalue weighted by atomic mass is 10.1. The van der Waals surface area contributed by atoms with Crippen molar-refractivity contribution in [2.75, 3.05) is 20.1 Å². The molecule has 1 aliphatic rings. The highest BCUT2D eigenvalue weighted by Gasteiger charge is 2.29. The maximum atomic E-state index is 12.5. The molecule has 1 atom stereocenters. The van der Waals surface area contributed by atoms with Gasteiger partial charge in [0.25, 0.3) is 5.91 Å². The fourth-order valence-electron chi connectivity index (χ4n) is 2.37. The predicted molar refractivity (Wildman–Crippen MR) is 89.4 cm³/mol.